The molecular weight excluding hydrogens is 321 g/mol. The SMILES string of the molecule is OC(CC(Cl)CCl)(Cn1cncn1)c1ccc(Cl)cc1. The first-order valence-electron chi connectivity index (χ1n) is 6.04. The summed E-state index contributed by atoms with van der Waals surface area (Å²) < 4.78 is 1.56. The van der Waals surface area contributed by atoms with Crippen LogP contribution in [0.2, 0.25) is 5.02 Å². The molecule has 0 spiro atoms. The Kier molecular flexibility index (Phi) is 5.27. The molecule has 0 saturated carbocycles. The van der Waals surface area contributed by atoms with E-state index in [0.717, 1.165) is 0 Å². The predicted octanol–water partition coefficient (Wildman–Crippen LogP) is 3.06. The van der Waals surface area contributed by atoms with E-state index >= 15 is 0 Å². The highest BCUT2D eigenvalue weighted by molar-refractivity contribution is 6.30. The van der Waals surface area contributed by atoms with Gasteiger partial charge in [0.05, 0.1) is 11.9 Å². The molecule has 0 aliphatic rings. The fourth-order valence-electron chi connectivity index (χ4n) is 2.04. The summed E-state index contributed by atoms with van der Waals surface area (Å²) in [5.41, 5.74) is -0.465. The van der Waals surface area contributed by atoms with E-state index in [4.69, 9.17) is 34.8 Å². The van der Waals surface area contributed by atoms with Crippen LogP contribution in [0.1, 0.15) is 12.0 Å². The summed E-state index contributed by atoms with van der Waals surface area (Å²) in [5, 5.41) is 15.3. The molecule has 2 unspecified atom stereocenters. The monoisotopic (exact) mass is 333 g/mol. The minimum absolute atomic E-state index is 0.245. The lowest BCUT2D eigenvalue weighted by Gasteiger charge is -2.30. The number of aliphatic hydroxyl groups is 1. The summed E-state index contributed by atoms with van der Waals surface area (Å²) in [6.45, 7) is 0.245. The van der Waals surface area contributed by atoms with E-state index in [0.29, 0.717) is 17.0 Å². The second kappa shape index (κ2) is 6.76. The summed E-state index contributed by atoms with van der Waals surface area (Å²) >= 11 is 17.7. The Bertz CT molecular complexity index is 532. The van der Waals surface area contributed by atoms with Crippen LogP contribution in [-0.4, -0.2) is 31.1 Å². The smallest absolute Gasteiger partial charge is 0.137 e. The van der Waals surface area contributed by atoms with Crippen LogP contribution < -0.4 is 0 Å². The maximum Gasteiger partial charge on any atom is 0.137 e. The van der Waals surface area contributed by atoms with Gasteiger partial charge in [-0.3, -0.25) is 0 Å². The molecule has 108 valence electrons. The van der Waals surface area contributed by atoms with Crippen molar-refractivity contribution in [2.75, 3.05) is 5.88 Å². The van der Waals surface area contributed by atoms with Gasteiger partial charge in [0, 0.05) is 10.9 Å². The number of hydrogen-bond donors (Lipinski definition) is 1. The molecule has 1 N–H and O–H groups in total. The van der Waals surface area contributed by atoms with Gasteiger partial charge in [-0.2, -0.15) is 5.10 Å². The standard InChI is InChI=1S/C13H14Cl3N3O/c14-6-12(16)5-13(20,7-19-9-17-8-18-19)10-1-3-11(15)4-2-10/h1-4,8-9,12,20H,5-7H2. The van der Waals surface area contributed by atoms with E-state index in [9.17, 15) is 5.11 Å². The number of hydrogen-bond acceptors (Lipinski definition) is 3. The third-order valence-corrected chi connectivity index (χ3v) is 4.09. The largest absolute Gasteiger partial charge is 0.383 e. The quantitative estimate of drug-likeness (QED) is 0.826. The van der Waals surface area contributed by atoms with Crippen molar-refractivity contribution in [1.82, 2.24) is 14.8 Å². The molecule has 2 aromatic rings. The molecule has 0 radical (unpaired) electrons. The van der Waals surface area contributed by atoms with Crippen LogP contribution in [0.5, 0.6) is 0 Å². The molecule has 0 saturated heterocycles. The lowest BCUT2D eigenvalue weighted by atomic mass is 9.89. The van der Waals surface area contributed by atoms with Gasteiger partial charge in [-0.1, -0.05) is 23.7 Å². The molecule has 0 aliphatic carbocycles. The zero-order valence-electron chi connectivity index (χ0n) is 10.6. The van der Waals surface area contributed by atoms with Crippen molar-refractivity contribution in [3.8, 4) is 0 Å². The van der Waals surface area contributed by atoms with Crippen LogP contribution in [0.4, 0.5) is 0 Å². The Balaban J connectivity index is 2.29. The van der Waals surface area contributed by atoms with E-state index in [-0.39, 0.29) is 17.8 Å². The van der Waals surface area contributed by atoms with E-state index in [1.165, 1.54) is 6.33 Å². The molecule has 0 aliphatic heterocycles. The van der Waals surface area contributed by atoms with Crippen molar-refractivity contribution >= 4 is 34.8 Å². The van der Waals surface area contributed by atoms with Gasteiger partial charge in [0.1, 0.15) is 18.3 Å². The molecule has 1 aromatic carbocycles. The Morgan fingerprint density at radius 3 is 2.55 bits per heavy atom. The van der Waals surface area contributed by atoms with Crippen LogP contribution in [0, 0.1) is 0 Å². The summed E-state index contributed by atoms with van der Waals surface area (Å²) in [4.78, 5) is 3.87. The first-order valence-corrected chi connectivity index (χ1v) is 7.39. The highest BCUT2D eigenvalue weighted by Crippen LogP contribution is 2.31. The van der Waals surface area contributed by atoms with Gasteiger partial charge >= 0.3 is 0 Å². The van der Waals surface area contributed by atoms with E-state index in [1.54, 1.807) is 35.3 Å². The number of aromatic nitrogens is 3. The maximum atomic E-state index is 11.0. The average molecular weight is 335 g/mol. The van der Waals surface area contributed by atoms with E-state index in [2.05, 4.69) is 10.1 Å². The van der Waals surface area contributed by atoms with E-state index < -0.39 is 5.60 Å². The zero-order chi connectivity index (χ0) is 14.6. The Hall–Kier alpha value is -0.810. The van der Waals surface area contributed by atoms with Crippen LogP contribution in [0.25, 0.3) is 0 Å². The molecule has 20 heavy (non-hydrogen) atoms. The maximum absolute atomic E-state index is 11.0. The molecule has 7 heteroatoms. The van der Waals surface area contributed by atoms with Gasteiger partial charge < -0.3 is 5.11 Å². The number of rotatable bonds is 6. The summed E-state index contributed by atoms with van der Waals surface area (Å²) in [6, 6.07) is 7.01. The van der Waals surface area contributed by atoms with Crippen LogP contribution in [-0.2, 0) is 12.1 Å². The Morgan fingerprint density at radius 1 is 1.30 bits per heavy atom. The number of nitrogens with zero attached hydrogens (tertiary/aromatic N) is 3. The number of benzene rings is 1. The molecule has 4 nitrogen and oxygen atoms in total. The molecule has 1 heterocycles. The van der Waals surface area contributed by atoms with Crippen molar-refractivity contribution in [2.45, 2.75) is 23.9 Å². The topological polar surface area (TPSA) is 50.9 Å². The van der Waals surface area contributed by atoms with E-state index in [1.807, 2.05) is 0 Å². The first kappa shape index (κ1) is 15.6. The van der Waals surface area contributed by atoms with Crippen molar-refractivity contribution in [3.63, 3.8) is 0 Å². The van der Waals surface area contributed by atoms with Crippen LogP contribution in [0.3, 0.4) is 0 Å². The fourth-order valence-corrected chi connectivity index (χ4v) is 2.53. The summed E-state index contributed by atoms with van der Waals surface area (Å²) in [7, 11) is 0. The van der Waals surface area contributed by atoms with Gasteiger partial charge in [-0.25, -0.2) is 9.67 Å². The van der Waals surface area contributed by atoms with Crippen LogP contribution in [0.15, 0.2) is 36.9 Å². The molecular formula is C13H14Cl3N3O. The lowest BCUT2D eigenvalue weighted by molar-refractivity contribution is 0.00667. The lowest BCUT2D eigenvalue weighted by Crippen LogP contribution is -2.35. The number of halogens is 3. The summed E-state index contributed by atoms with van der Waals surface area (Å²) in [6.07, 6.45) is 3.27. The van der Waals surface area contributed by atoms with Gasteiger partial charge in [0.15, 0.2) is 0 Å². The van der Waals surface area contributed by atoms with Crippen molar-refractivity contribution in [1.29, 1.82) is 0 Å². The molecule has 2 rings (SSSR count). The minimum atomic E-state index is -1.18. The van der Waals surface area contributed by atoms with Crippen molar-refractivity contribution in [3.05, 3.63) is 47.5 Å². The second-order valence-electron chi connectivity index (χ2n) is 4.59. The molecule has 2 atom stereocenters. The highest BCUT2D eigenvalue weighted by atomic mass is 35.5. The third-order valence-electron chi connectivity index (χ3n) is 3.00. The normalized spacial score (nSPS) is 15.8. The first-order chi connectivity index (χ1) is 9.53. The molecule has 0 amide bonds. The molecule has 0 fully saturated rings. The van der Waals surface area contributed by atoms with Gasteiger partial charge in [-0.05, 0) is 24.1 Å². The second-order valence-corrected chi connectivity index (χ2v) is 5.95. The highest BCUT2D eigenvalue weighted by Gasteiger charge is 2.32. The third kappa shape index (κ3) is 3.85. The van der Waals surface area contributed by atoms with Gasteiger partial charge in [0.25, 0.3) is 0 Å². The predicted molar refractivity (Wildman–Crippen MR) is 80.3 cm³/mol. The van der Waals surface area contributed by atoms with Gasteiger partial charge in [0.2, 0.25) is 0 Å². The van der Waals surface area contributed by atoms with Gasteiger partial charge in [-0.15, -0.1) is 23.2 Å². The zero-order valence-corrected chi connectivity index (χ0v) is 12.9. The minimum Gasteiger partial charge on any atom is -0.383 e. The van der Waals surface area contributed by atoms with Crippen molar-refractivity contribution in [2.24, 2.45) is 0 Å². The summed E-state index contributed by atoms with van der Waals surface area (Å²) in [5.74, 6) is 0.259. The molecule has 0 bridgehead atoms. The van der Waals surface area contributed by atoms with Crippen LogP contribution >= 0.6 is 34.8 Å². The average Bonchev–Trinajstić information content (AvgIpc) is 2.91. The van der Waals surface area contributed by atoms with Crippen molar-refractivity contribution < 1.29 is 5.11 Å². The Morgan fingerprint density at radius 2 is 2.00 bits per heavy atom. The Labute approximate surface area is 132 Å². The number of alkyl halides is 2. The fraction of sp³-hybridized carbons (Fsp3) is 0.385. The molecule has 1 aromatic heterocycles.